The van der Waals surface area contributed by atoms with Gasteiger partial charge in [-0.05, 0) is 31.0 Å². The van der Waals surface area contributed by atoms with E-state index in [1.807, 2.05) is 0 Å². The number of rotatable bonds is 4. The summed E-state index contributed by atoms with van der Waals surface area (Å²) in [5, 5.41) is 1.82. The maximum Gasteiger partial charge on any atom is 0.192 e. The molecule has 0 radical (unpaired) electrons. The Balaban J connectivity index is 2.29. The van der Waals surface area contributed by atoms with Crippen LogP contribution in [0.3, 0.4) is 0 Å². The molecule has 0 bridgehead atoms. The number of hydrogen-bond acceptors (Lipinski definition) is 1. The van der Waals surface area contributed by atoms with E-state index < -0.39 is 16.4 Å². The third-order valence-electron chi connectivity index (χ3n) is 5.97. The van der Waals surface area contributed by atoms with Gasteiger partial charge in [0.1, 0.15) is 0 Å². The van der Waals surface area contributed by atoms with Gasteiger partial charge in [0.2, 0.25) is 0 Å². The molecule has 0 unspecified atom stereocenters. The van der Waals surface area contributed by atoms with Crippen LogP contribution in [0.5, 0.6) is 0 Å². The molecular weight excluding hydrogens is 312 g/mol. The lowest BCUT2D eigenvalue weighted by atomic mass is 10.0. The van der Waals surface area contributed by atoms with Crippen molar-refractivity contribution in [2.75, 3.05) is 0 Å². The summed E-state index contributed by atoms with van der Waals surface area (Å²) in [7, 11) is -3.32. The van der Waals surface area contributed by atoms with Crippen LogP contribution in [-0.2, 0) is 4.43 Å². The lowest BCUT2D eigenvalue weighted by Crippen LogP contribution is -2.53. The Kier molecular flexibility index (Phi) is 5.44. The van der Waals surface area contributed by atoms with Gasteiger partial charge in [-0.2, -0.15) is 0 Å². The average molecular weight is 347 g/mol. The minimum atomic E-state index is -1.73. The minimum absolute atomic E-state index is 0.275. The molecule has 0 amide bonds. The highest BCUT2D eigenvalue weighted by Gasteiger charge is 2.44. The van der Waals surface area contributed by atoms with Crippen molar-refractivity contribution in [1.82, 2.24) is 0 Å². The van der Waals surface area contributed by atoms with Crippen molar-refractivity contribution in [3.63, 3.8) is 0 Å². The van der Waals surface area contributed by atoms with Crippen molar-refractivity contribution < 1.29 is 4.43 Å². The Hall–Kier alpha value is -0.646. The van der Waals surface area contributed by atoms with E-state index in [-0.39, 0.29) is 5.04 Å². The van der Waals surface area contributed by atoms with Crippen LogP contribution in [0.15, 0.2) is 42.5 Å². The summed E-state index contributed by atoms with van der Waals surface area (Å²) in [6, 6.07) is 11.1. The van der Waals surface area contributed by atoms with Gasteiger partial charge >= 0.3 is 0 Å². The quantitative estimate of drug-likeness (QED) is 0.501. The minimum Gasteiger partial charge on any atom is -0.414 e. The van der Waals surface area contributed by atoms with E-state index in [0.29, 0.717) is 11.6 Å². The molecule has 0 saturated carbocycles. The van der Waals surface area contributed by atoms with Gasteiger partial charge in [0.15, 0.2) is 8.32 Å². The fourth-order valence-corrected chi connectivity index (χ4v) is 7.99. The lowest BCUT2D eigenvalue weighted by Gasteiger charge is -2.45. The van der Waals surface area contributed by atoms with Crippen molar-refractivity contribution in [3.05, 3.63) is 42.5 Å². The Labute approximate surface area is 145 Å². The van der Waals surface area contributed by atoms with Crippen LogP contribution in [0.1, 0.15) is 33.6 Å². The Morgan fingerprint density at radius 1 is 1.00 bits per heavy atom. The second kappa shape index (κ2) is 6.69. The van der Waals surface area contributed by atoms with Crippen molar-refractivity contribution in [3.8, 4) is 0 Å². The first-order valence-electron chi connectivity index (χ1n) is 8.96. The third kappa shape index (κ3) is 4.07. The second-order valence-corrected chi connectivity index (χ2v) is 18.5. The monoisotopic (exact) mass is 346 g/mol. The molecule has 0 fully saturated rings. The first-order chi connectivity index (χ1) is 10.6. The summed E-state index contributed by atoms with van der Waals surface area (Å²) in [5.41, 5.74) is 0.577. The van der Waals surface area contributed by atoms with E-state index in [4.69, 9.17) is 4.43 Å². The normalized spacial score (nSPS) is 23.1. The number of allylic oxidation sites excluding steroid dienone is 1. The summed E-state index contributed by atoms with van der Waals surface area (Å²) in [5.74, 6) is 0. The zero-order chi connectivity index (χ0) is 17.3. The van der Waals surface area contributed by atoms with Gasteiger partial charge in [-0.1, -0.05) is 81.5 Å². The molecule has 1 aromatic rings. The number of hydrogen-bond donors (Lipinski definition) is 0. The molecule has 0 saturated heterocycles. The largest absolute Gasteiger partial charge is 0.414 e. The van der Waals surface area contributed by atoms with Crippen molar-refractivity contribution in [2.24, 2.45) is 0 Å². The number of benzene rings is 1. The van der Waals surface area contributed by atoms with Gasteiger partial charge in [0.05, 0.1) is 8.07 Å². The van der Waals surface area contributed by atoms with E-state index in [2.05, 4.69) is 89.4 Å². The molecule has 1 aliphatic carbocycles. The zero-order valence-electron chi connectivity index (χ0n) is 16.0. The fraction of sp³-hybridized carbons (Fsp3) is 0.600. The smallest absolute Gasteiger partial charge is 0.192 e. The molecule has 0 aliphatic heterocycles. The summed E-state index contributed by atoms with van der Waals surface area (Å²) in [6.45, 7) is 16.8. The molecule has 3 heteroatoms. The molecule has 0 spiro atoms. The summed E-state index contributed by atoms with van der Waals surface area (Å²) in [6.07, 6.45) is 7.59. The van der Waals surface area contributed by atoms with Crippen LogP contribution in [0.2, 0.25) is 36.8 Å². The van der Waals surface area contributed by atoms with Crippen molar-refractivity contribution in [1.29, 1.82) is 0 Å². The summed E-state index contributed by atoms with van der Waals surface area (Å²) in [4.78, 5) is 0. The van der Waals surface area contributed by atoms with Crippen LogP contribution in [0.25, 0.3) is 0 Å². The standard InChI is InChI=1S/C20H34OSi2/c1-20(2,3)23(6,7)21-18-15-11-12-16-19(18)22(4,5)17-13-9-8-10-14-17/h8-10,12-14,16,18-19H,11,15H2,1-7H3/t18-,19+/m1/s1. The first-order valence-corrected chi connectivity index (χ1v) is 14.9. The molecule has 1 nitrogen and oxygen atoms in total. The van der Waals surface area contributed by atoms with Crippen molar-refractivity contribution >= 4 is 21.6 Å². The predicted molar refractivity (Wildman–Crippen MR) is 108 cm³/mol. The van der Waals surface area contributed by atoms with Crippen molar-refractivity contribution in [2.45, 2.75) is 76.5 Å². The highest BCUT2D eigenvalue weighted by molar-refractivity contribution is 6.91. The molecule has 128 valence electrons. The summed E-state index contributed by atoms with van der Waals surface area (Å²) >= 11 is 0. The van der Waals surface area contributed by atoms with Gasteiger partial charge in [-0.25, -0.2) is 0 Å². The second-order valence-electron chi connectivity index (χ2n) is 9.04. The van der Waals surface area contributed by atoms with Crippen LogP contribution in [-0.4, -0.2) is 22.5 Å². The summed E-state index contributed by atoms with van der Waals surface area (Å²) < 4.78 is 6.89. The Morgan fingerprint density at radius 2 is 1.61 bits per heavy atom. The first kappa shape index (κ1) is 18.7. The molecule has 2 rings (SSSR count). The van der Waals surface area contributed by atoms with E-state index >= 15 is 0 Å². The van der Waals surface area contributed by atoms with Gasteiger partial charge in [0.25, 0.3) is 0 Å². The average Bonchev–Trinajstić information content (AvgIpc) is 2.47. The Bertz CT molecular complexity index is 541. The molecule has 0 N–H and O–H groups in total. The molecular formula is C20H34OSi2. The highest BCUT2D eigenvalue weighted by Crippen LogP contribution is 2.42. The van der Waals surface area contributed by atoms with E-state index in [1.54, 1.807) is 5.19 Å². The Morgan fingerprint density at radius 3 is 2.17 bits per heavy atom. The molecule has 0 aromatic heterocycles. The van der Waals surface area contributed by atoms with Crippen LogP contribution in [0.4, 0.5) is 0 Å². The molecule has 0 heterocycles. The highest BCUT2D eigenvalue weighted by atomic mass is 28.4. The fourth-order valence-electron chi connectivity index (χ4n) is 3.26. The van der Waals surface area contributed by atoms with Gasteiger partial charge in [-0.15, -0.1) is 0 Å². The van der Waals surface area contributed by atoms with Gasteiger partial charge < -0.3 is 4.43 Å². The van der Waals surface area contributed by atoms with Crippen LogP contribution < -0.4 is 5.19 Å². The van der Waals surface area contributed by atoms with Crippen LogP contribution >= 0.6 is 0 Å². The predicted octanol–water partition coefficient (Wildman–Crippen LogP) is 5.71. The maximum atomic E-state index is 6.89. The molecule has 1 aromatic carbocycles. The van der Waals surface area contributed by atoms with E-state index in [0.717, 1.165) is 6.42 Å². The topological polar surface area (TPSA) is 9.23 Å². The maximum absolute atomic E-state index is 6.89. The zero-order valence-corrected chi connectivity index (χ0v) is 18.0. The molecule has 2 atom stereocenters. The van der Waals surface area contributed by atoms with Crippen LogP contribution in [0, 0.1) is 0 Å². The third-order valence-corrected chi connectivity index (χ3v) is 14.5. The van der Waals surface area contributed by atoms with Gasteiger partial charge in [-0.3, -0.25) is 0 Å². The van der Waals surface area contributed by atoms with E-state index in [1.165, 1.54) is 6.42 Å². The molecule has 1 aliphatic rings. The van der Waals surface area contributed by atoms with Gasteiger partial charge in [0, 0.05) is 11.6 Å². The van der Waals surface area contributed by atoms with E-state index in [9.17, 15) is 0 Å². The lowest BCUT2D eigenvalue weighted by molar-refractivity contribution is 0.168. The SMILES string of the molecule is CC(C)(C)[Si](C)(C)O[C@@H]1CCC=C[C@@H]1[Si](C)(C)c1ccccc1. The molecule has 23 heavy (non-hydrogen) atoms.